The molecule has 4 atom stereocenters. The fourth-order valence-electron chi connectivity index (χ4n) is 3.34. The first-order valence-electron chi connectivity index (χ1n) is 9.56. The SMILES string of the molecule is C=CC[C@H]1O[C@H](/C=C/[N+](=O)[O-])[C@@H](OCc2ccccc2)[C@H]1OCc1ccccc1. The van der Waals surface area contributed by atoms with Gasteiger partial charge >= 0.3 is 0 Å². The van der Waals surface area contributed by atoms with Crippen LogP contribution < -0.4 is 0 Å². The van der Waals surface area contributed by atoms with Crippen LogP contribution in [0.2, 0.25) is 0 Å². The maximum absolute atomic E-state index is 10.8. The molecule has 0 N–H and O–H groups in total. The molecule has 6 nitrogen and oxygen atoms in total. The number of nitrogens with zero attached hydrogens (tertiary/aromatic N) is 1. The van der Waals surface area contributed by atoms with Gasteiger partial charge in [0, 0.05) is 6.08 Å². The Hall–Kier alpha value is -2.80. The highest BCUT2D eigenvalue weighted by atomic mass is 16.6. The number of nitro groups is 1. The molecule has 3 rings (SSSR count). The van der Waals surface area contributed by atoms with Crippen LogP contribution in [-0.2, 0) is 27.4 Å². The zero-order valence-electron chi connectivity index (χ0n) is 16.1. The molecule has 0 spiro atoms. The standard InChI is InChI=1S/C23H25NO5/c1-2-9-20-22(27-16-18-10-5-3-6-11-18)23(21(29-20)14-15-24(25)26)28-17-19-12-7-4-8-13-19/h2-8,10-15,20-23H,1,9,16-17H2/b15-14+/t20-,21-,22+,23-/m1/s1. The Morgan fingerprint density at radius 1 is 0.966 bits per heavy atom. The van der Waals surface area contributed by atoms with Crippen LogP contribution in [0.15, 0.2) is 85.6 Å². The molecule has 0 saturated carbocycles. The van der Waals surface area contributed by atoms with Gasteiger partial charge in [0.15, 0.2) is 0 Å². The maximum atomic E-state index is 10.8. The van der Waals surface area contributed by atoms with Crippen LogP contribution in [0.5, 0.6) is 0 Å². The van der Waals surface area contributed by atoms with Crippen molar-refractivity contribution in [3.8, 4) is 0 Å². The summed E-state index contributed by atoms with van der Waals surface area (Å²) in [6, 6.07) is 19.6. The van der Waals surface area contributed by atoms with Crippen molar-refractivity contribution in [1.29, 1.82) is 0 Å². The molecule has 1 aliphatic heterocycles. The Balaban J connectivity index is 1.77. The van der Waals surface area contributed by atoms with Gasteiger partial charge in [0.1, 0.15) is 18.3 Å². The minimum atomic E-state index is -0.574. The normalized spacial score (nSPS) is 24.0. The smallest absolute Gasteiger partial charge is 0.233 e. The van der Waals surface area contributed by atoms with Gasteiger partial charge in [0.25, 0.3) is 0 Å². The van der Waals surface area contributed by atoms with Crippen LogP contribution >= 0.6 is 0 Å². The van der Waals surface area contributed by atoms with Crippen LogP contribution in [0.4, 0.5) is 0 Å². The summed E-state index contributed by atoms with van der Waals surface area (Å²) in [7, 11) is 0. The number of hydrogen-bond acceptors (Lipinski definition) is 5. The number of hydrogen-bond donors (Lipinski definition) is 0. The molecule has 29 heavy (non-hydrogen) atoms. The monoisotopic (exact) mass is 395 g/mol. The van der Waals surface area contributed by atoms with Gasteiger partial charge in [-0.3, -0.25) is 10.1 Å². The molecule has 1 aliphatic rings. The van der Waals surface area contributed by atoms with Crippen LogP contribution in [-0.4, -0.2) is 29.3 Å². The molecule has 2 aromatic rings. The quantitative estimate of drug-likeness (QED) is 0.341. The van der Waals surface area contributed by atoms with Gasteiger partial charge < -0.3 is 14.2 Å². The van der Waals surface area contributed by atoms with Crippen molar-refractivity contribution in [3.63, 3.8) is 0 Å². The van der Waals surface area contributed by atoms with Gasteiger partial charge in [-0.05, 0) is 17.5 Å². The molecule has 1 saturated heterocycles. The predicted octanol–water partition coefficient (Wildman–Crippen LogP) is 4.29. The highest BCUT2D eigenvalue weighted by molar-refractivity contribution is 5.15. The van der Waals surface area contributed by atoms with Crippen molar-refractivity contribution in [2.24, 2.45) is 0 Å². The van der Waals surface area contributed by atoms with E-state index in [9.17, 15) is 10.1 Å². The van der Waals surface area contributed by atoms with E-state index < -0.39 is 17.1 Å². The second kappa shape index (κ2) is 10.7. The Labute approximate surface area is 170 Å². The summed E-state index contributed by atoms with van der Waals surface area (Å²) in [5, 5.41) is 10.8. The number of rotatable bonds is 10. The van der Waals surface area contributed by atoms with E-state index in [0.29, 0.717) is 19.6 Å². The second-order valence-corrected chi connectivity index (χ2v) is 6.81. The highest BCUT2D eigenvalue weighted by Gasteiger charge is 2.45. The first-order valence-corrected chi connectivity index (χ1v) is 9.56. The molecule has 6 heteroatoms. The average molecular weight is 395 g/mol. The molecular formula is C23H25NO5. The zero-order chi connectivity index (χ0) is 20.5. The summed E-state index contributed by atoms with van der Waals surface area (Å²) in [4.78, 5) is 10.3. The van der Waals surface area contributed by atoms with Crippen LogP contribution in [0, 0.1) is 10.1 Å². The van der Waals surface area contributed by atoms with E-state index in [1.165, 1.54) is 6.08 Å². The van der Waals surface area contributed by atoms with Gasteiger partial charge in [-0.1, -0.05) is 66.7 Å². The van der Waals surface area contributed by atoms with Crippen LogP contribution in [0.1, 0.15) is 17.5 Å². The predicted molar refractivity (Wildman–Crippen MR) is 110 cm³/mol. The first kappa shape index (κ1) is 20.9. The Morgan fingerprint density at radius 2 is 1.52 bits per heavy atom. The molecular weight excluding hydrogens is 370 g/mol. The zero-order valence-corrected chi connectivity index (χ0v) is 16.1. The second-order valence-electron chi connectivity index (χ2n) is 6.81. The highest BCUT2D eigenvalue weighted by Crippen LogP contribution is 2.31. The molecule has 2 aromatic carbocycles. The molecule has 0 aromatic heterocycles. The summed E-state index contributed by atoms with van der Waals surface area (Å²) < 4.78 is 18.4. The molecule has 0 bridgehead atoms. The fraction of sp³-hybridized carbons (Fsp3) is 0.304. The van der Waals surface area contributed by atoms with Gasteiger partial charge in [0.05, 0.1) is 24.2 Å². The van der Waals surface area contributed by atoms with E-state index in [1.54, 1.807) is 6.08 Å². The van der Waals surface area contributed by atoms with Crippen molar-refractivity contribution in [1.82, 2.24) is 0 Å². The van der Waals surface area contributed by atoms with E-state index in [0.717, 1.165) is 17.3 Å². The lowest BCUT2D eigenvalue weighted by atomic mass is 10.0. The summed E-state index contributed by atoms with van der Waals surface area (Å²) in [5.74, 6) is 0. The van der Waals surface area contributed by atoms with E-state index in [4.69, 9.17) is 14.2 Å². The van der Waals surface area contributed by atoms with Crippen LogP contribution in [0.3, 0.4) is 0 Å². The average Bonchev–Trinajstić information content (AvgIpc) is 3.07. The van der Waals surface area contributed by atoms with E-state index in [-0.39, 0.29) is 12.2 Å². The van der Waals surface area contributed by atoms with Crippen molar-refractivity contribution in [3.05, 3.63) is 107 Å². The minimum Gasteiger partial charge on any atom is -0.368 e. The minimum absolute atomic E-state index is 0.293. The summed E-state index contributed by atoms with van der Waals surface area (Å²) in [5.41, 5.74) is 2.05. The summed E-state index contributed by atoms with van der Waals surface area (Å²) >= 11 is 0. The van der Waals surface area contributed by atoms with Gasteiger partial charge in [-0.2, -0.15) is 0 Å². The van der Waals surface area contributed by atoms with E-state index >= 15 is 0 Å². The van der Waals surface area contributed by atoms with Gasteiger partial charge in [-0.25, -0.2) is 0 Å². The van der Waals surface area contributed by atoms with Gasteiger partial charge in [-0.15, -0.1) is 6.58 Å². The Bertz CT molecular complexity index is 809. The third-order valence-electron chi connectivity index (χ3n) is 4.71. The number of benzene rings is 2. The summed E-state index contributed by atoms with van der Waals surface area (Å²) in [6.45, 7) is 4.56. The first-order chi connectivity index (χ1) is 14.2. The van der Waals surface area contributed by atoms with E-state index in [1.807, 2.05) is 60.7 Å². The molecule has 0 amide bonds. The third-order valence-corrected chi connectivity index (χ3v) is 4.71. The fourth-order valence-corrected chi connectivity index (χ4v) is 3.34. The third kappa shape index (κ3) is 6.09. The van der Waals surface area contributed by atoms with Crippen molar-refractivity contribution < 1.29 is 19.1 Å². The van der Waals surface area contributed by atoms with E-state index in [2.05, 4.69) is 6.58 Å². The molecule has 1 fully saturated rings. The number of ether oxygens (including phenoxy) is 3. The molecule has 0 unspecified atom stereocenters. The summed E-state index contributed by atoms with van der Waals surface area (Å²) in [6.07, 6.45) is 2.93. The maximum Gasteiger partial charge on any atom is 0.233 e. The molecule has 0 aliphatic carbocycles. The topological polar surface area (TPSA) is 70.8 Å². The van der Waals surface area contributed by atoms with Crippen molar-refractivity contribution in [2.75, 3.05) is 0 Å². The molecule has 0 radical (unpaired) electrons. The van der Waals surface area contributed by atoms with Crippen LogP contribution in [0.25, 0.3) is 0 Å². The van der Waals surface area contributed by atoms with Gasteiger partial charge in [0.2, 0.25) is 6.20 Å². The lowest BCUT2D eigenvalue weighted by Gasteiger charge is -2.24. The van der Waals surface area contributed by atoms with Crippen molar-refractivity contribution >= 4 is 0 Å². The molecule has 152 valence electrons. The van der Waals surface area contributed by atoms with Crippen molar-refractivity contribution in [2.45, 2.75) is 44.1 Å². The molecule has 1 heterocycles. The lowest BCUT2D eigenvalue weighted by Crippen LogP contribution is -2.37. The Kier molecular flexibility index (Phi) is 7.69. The largest absolute Gasteiger partial charge is 0.368 e. The Morgan fingerprint density at radius 3 is 2.03 bits per heavy atom. The lowest BCUT2D eigenvalue weighted by molar-refractivity contribution is -0.403.